The minimum atomic E-state index is 0.0215. The van der Waals surface area contributed by atoms with Crippen LogP contribution in [0.25, 0.3) is 0 Å². The molecule has 0 aromatic heterocycles. The third-order valence-electron chi connectivity index (χ3n) is 6.30. The van der Waals surface area contributed by atoms with Crippen molar-refractivity contribution in [1.82, 2.24) is 4.90 Å². The first-order valence-corrected chi connectivity index (χ1v) is 11.3. The van der Waals surface area contributed by atoms with Gasteiger partial charge in [-0.2, -0.15) is 0 Å². The minimum Gasteiger partial charge on any atom is -0.496 e. The highest BCUT2D eigenvalue weighted by molar-refractivity contribution is 5.37. The van der Waals surface area contributed by atoms with Crippen molar-refractivity contribution in [2.75, 3.05) is 33.4 Å². The Balaban J connectivity index is 1.60. The second kappa shape index (κ2) is 11.5. The van der Waals surface area contributed by atoms with Gasteiger partial charge in [-0.15, -0.1) is 0 Å². The molecule has 0 unspecified atom stereocenters. The molecule has 1 saturated heterocycles. The average molecular weight is 412 g/mol. The van der Waals surface area contributed by atoms with Crippen LogP contribution in [0.4, 0.5) is 0 Å². The molecule has 3 rings (SSSR count). The molecule has 1 heterocycles. The smallest absolute Gasteiger partial charge is 0.124 e. The molecule has 30 heavy (non-hydrogen) atoms. The summed E-state index contributed by atoms with van der Waals surface area (Å²) in [6.45, 7) is 6.52. The van der Waals surface area contributed by atoms with E-state index in [4.69, 9.17) is 9.47 Å². The predicted octanol–water partition coefficient (Wildman–Crippen LogP) is 4.83. The van der Waals surface area contributed by atoms with Gasteiger partial charge < -0.3 is 14.6 Å². The van der Waals surface area contributed by atoms with Crippen LogP contribution in [0.5, 0.6) is 5.75 Å². The normalized spacial score (nSPS) is 19.7. The first-order chi connectivity index (χ1) is 14.7. The van der Waals surface area contributed by atoms with Crippen LogP contribution in [0, 0.1) is 5.41 Å². The summed E-state index contributed by atoms with van der Waals surface area (Å²) in [5.74, 6) is 0.886. The summed E-state index contributed by atoms with van der Waals surface area (Å²) < 4.78 is 11.1. The maximum atomic E-state index is 10.3. The van der Waals surface area contributed by atoms with E-state index in [-0.39, 0.29) is 12.0 Å². The summed E-state index contributed by atoms with van der Waals surface area (Å²) in [5, 5.41) is 10.3. The molecule has 2 aromatic rings. The van der Waals surface area contributed by atoms with Gasteiger partial charge in [-0.1, -0.05) is 36.4 Å². The molecule has 1 atom stereocenters. The molecular formula is C26H37NO3. The van der Waals surface area contributed by atoms with Crippen LogP contribution in [0.2, 0.25) is 0 Å². The quantitative estimate of drug-likeness (QED) is 0.575. The van der Waals surface area contributed by atoms with Crippen LogP contribution in [0.1, 0.15) is 49.3 Å². The molecule has 1 aliphatic rings. The molecular weight excluding hydrogens is 374 g/mol. The van der Waals surface area contributed by atoms with E-state index in [1.54, 1.807) is 7.11 Å². The Bertz CT molecular complexity index is 764. The third kappa shape index (κ3) is 6.31. The lowest BCUT2D eigenvalue weighted by atomic mass is 9.76. The highest BCUT2D eigenvalue weighted by Gasteiger charge is 2.34. The van der Waals surface area contributed by atoms with Crippen molar-refractivity contribution in [3.05, 3.63) is 65.2 Å². The summed E-state index contributed by atoms with van der Waals surface area (Å²) in [6.07, 6.45) is 5.55. The summed E-state index contributed by atoms with van der Waals surface area (Å²) in [4.78, 5) is 2.51. The summed E-state index contributed by atoms with van der Waals surface area (Å²) >= 11 is 0. The number of benzene rings is 2. The van der Waals surface area contributed by atoms with Crippen LogP contribution < -0.4 is 4.74 Å². The van der Waals surface area contributed by atoms with Gasteiger partial charge >= 0.3 is 0 Å². The summed E-state index contributed by atoms with van der Waals surface area (Å²) in [5.41, 5.74) is 3.79. The lowest BCUT2D eigenvalue weighted by Gasteiger charge is -2.42. The van der Waals surface area contributed by atoms with Crippen molar-refractivity contribution >= 4 is 0 Å². The van der Waals surface area contributed by atoms with Crippen molar-refractivity contribution < 1.29 is 14.6 Å². The molecule has 1 aliphatic heterocycles. The number of aliphatic hydroxyl groups excluding tert-OH is 1. The number of hydrogen-bond donors (Lipinski definition) is 1. The Labute approximate surface area is 181 Å². The maximum absolute atomic E-state index is 10.3. The third-order valence-corrected chi connectivity index (χ3v) is 6.30. The molecule has 0 aliphatic carbocycles. The number of methoxy groups -OCH3 is 1. The van der Waals surface area contributed by atoms with Gasteiger partial charge in [0, 0.05) is 37.3 Å². The Morgan fingerprint density at radius 2 is 1.93 bits per heavy atom. The standard InChI is InChI=1S/C26H37NO3/c1-3-30-19-24-17-23(12-13-25(24)29-2)18-27-16-8-15-26(20-27,21-28)14-7-11-22-9-5-4-6-10-22/h4-6,9-10,12-13,17,28H,3,7-8,11,14-16,18-21H2,1-2H3/t26-/m1/s1. The van der Waals surface area contributed by atoms with Gasteiger partial charge in [-0.05, 0) is 68.8 Å². The van der Waals surface area contributed by atoms with Gasteiger partial charge in [-0.3, -0.25) is 4.90 Å². The molecule has 4 nitrogen and oxygen atoms in total. The molecule has 1 fully saturated rings. The zero-order chi connectivity index (χ0) is 21.2. The van der Waals surface area contributed by atoms with E-state index in [9.17, 15) is 5.11 Å². The number of ether oxygens (including phenoxy) is 2. The number of rotatable bonds is 11. The van der Waals surface area contributed by atoms with Crippen molar-refractivity contribution in [2.45, 2.75) is 52.2 Å². The molecule has 0 amide bonds. The predicted molar refractivity (Wildman–Crippen MR) is 122 cm³/mol. The zero-order valence-electron chi connectivity index (χ0n) is 18.6. The second-order valence-electron chi connectivity index (χ2n) is 8.59. The van der Waals surface area contributed by atoms with E-state index < -0.39 is 0 Å². The molecule has 1 N–H and O–H groups in total. The molecule has 0 saturated carbocycles. The maximum Gasteiger partial charge on any atom is 0.124 e. The van der Waals surface area contributed by atoms with Crippen LogP contribution in [0.15, 0.2) is 48.5 Å². The van der Waals surface area contributed by atoms with E-state index in [1.165, 1.54) is 11.1 Å². The topological polar surface area (TPSA) is 41.9 Å². The van der Waals surface area contributed by atoms with Crippen molar-refractivity contribution in [1.29, 1.82) is 0 Å². The number of piperidine rings is 1. The Morgan fingerprint density at radius 1 is 1.10 bits per heavy atom. The van der Waals surface area contributed by atoms with Gasteiger partial charge in [0.25, 0.3) is 0 Å². The Morgan fingerprint density at radius 3 is 2.67 bits per heavy atom. The van der Waals surface area contributed by atoms with Gasteiger partial charge in [-0.25, -0.2) is 0 Å². The van der Waals surface area contributed by atoms with Gasteiger partial charge in [0.2, 0.25) is 0 Å². The fourth-order valence-electron chi connectivity index (χ4n) is 4.68. The van der Waals surface area contributed by atoms with E-state index in [2.05, 4.69) is 47.4 Å². The molecule has 4 heteroatoms. The number of hydrogen-bond acceptors (Lipinski definition) is 4. The summed E-state index contributed by atoms with van der Waals surface area (Å²) in [7, 11) is 1.71. The second-order valence-corrected chi connectivity index (χ2v) is 8.59. The van der Waals surface area contributed by atoms with Crippen LogP contribution in [-0.4, -0.2) is 43.4 Å². The van der Waals surface area contributed by atoms with Gasteiger partial charge in [0.15, 0.2) is 0 Å². The van der Waals surface area contributed by atoms with E-state index in [1.807, 2.05) is 13.0 Å². The van der Waals surface area contributed by atoms with Gasteiger partial charge in [0.1, 0.15) is 5.75 Å². The Hall–Kier alpha value is -1.88. The van der Waals surface area contributed by atoms with E-state index in [0.29, 0.717) is 13.2 Å². The van der Waals surface area contributed by atoms with Crippen molar-refractivity contribution in [3.8, 4) is 5.75 Å². The van der Waals surface area contributed by atoms with E-state index in [0.717, 1.165) is 63.1 Å². The number of likely N-dealkylation sites (tertiary alicyclic amines) is 1. The van der Waals surface area contributed by atoms with Crippen molar-refractivity contribution in [3.63, 3.8) is 0 Å². The average Bonchev–Trinajstić information content (AvgIpc) is 2.79. The molecule has 164 valence electrons. The first-order valence-electron chi connectivity index (χ1n) is 11.3. The van der Waals surface area contributed by atoms with E-state index >= 15 is 0 Å². The highest BCUT2D eigenvalue weighted by atomic mass is 16.5. The first kappa shape index (κ1) is 22.8. The number of aliphatic hydroxyl groups is 1. The number of nitrogens with zero attached hydrogens (tertiary/aromatic N) is 1. The van der Waals surface area contributed by atoms with Crippen LogP contribution >= 0.6 is 0 Å². The number of aryl methyl sites for hydroxylation is 1. The summed E-state index contributed by atoms with van der Waals surface area (Å²) in [6, 6.07) is 17.1. The SMILES string of the molecule is CCOCc1cc(CN2CCC[C@](CO)(CCCc3ccccc3)C2)ccc1OC. The Kier molecular flexibility index (Phi) is 8.74. The van der Waals surface area contributed by atoms with Crippen molar-refractivity contribution in [2.24, 2.45) is 5.41 Å². The molecule has 0 radical (unpaired) electrons. The molecule has 2 aromatic carbocycles. The lowest BCUT2D eigenvalue weighted by molar-refractivity contribution is 0.0207. The lowest BCUT2D eigenvalue weighted by Crippen LogP contribution is -2.45. The van der Waals surface area contributed by atoms with Crippen LogP contribution in [0.3, 0.4) is 0 Å². The highest BCUT2D eigenvalue weighted by Crippen LogP contribution is 2.35. The zero-order valence-corrected chi connectivity index (χ0v) is 18.6. The monoisotopic (exact) mass is 411 g/mol. The minimum absolute atomic E-state index is 0.0215. The molecule has 0 spiro atoms. The van der Waals surface area contributed by atoms with Gasteiger partial charge in [0.05, 0.1) is 13.7 Å². The fraction of sp³-hybridized carbons (Fsp3) is 0.538. The van der Waals surface area contributed by atoms with Crippen LogP contribution in [-0.2, 0) is 24.3 Å². The largest absolute Gasteiger partial charge is 0.496 e. The fourth-order valence-corrected chi connectivity index (χ4v) is 4.68. The molecule has 0 bridgehead atoms.